The highest BCUT2D eigenvalue weighted by Gasteiger charge is 2.37. The van der Waals surface area contributed by atoms with Crippen molar-refractivity contribution in [2.24, 2.45) is 0 Å². The Bertz CT molecular complexity index is 1300. The molecule has 4 aromatic rings. The molecule has 0 radical (unpaired) electrons. The van der Waals surface area contributed by atoms with Crippen molar-refractivity contribution in [2.75, 3.05) is 13.1 Å². The van der Waals surface area contributed by atoms with E-state index in [4.69, 9.17) is 4.74 Å². The molecular formula is C25H22N4O4. The molecule has 5 rings (SSSR count). The summed E-state index contributed by atoms with van der Waals surface area (Å²) in [6, 6.07) is 22.7. The molecule has 2 heterocycles. The number of amides is 1. The van der Waals surface area contributed by atoms with Gasteiger partial charge in [-0.1, -0.05) is 53.7 Å². The fourth-order valence-electron chi connectivity index (χ4n) is 4.22. The molecule has 33 heavy (non-hydrogen) atoms. The average molecular weight is 442 g/mol. The smallest absolute Gasteiger partial charge is 0.407 e. The number of aromatic nitrogens is 3. The molecule has 0 spiro atoms. The molecule has 3 aromatic carbocycles. The lowest BCUT2D eigenvalue weighted by atomic mass is 9.91. The molecule has 1 amide bonds. The molecule has 1 aromatic heterocycles. The Balaban J connectivity index is 1.40. The van der Waals surface area contributed by atoms with E-state index < -0.39 is 18.2 Å². The van der Waals surface area contributed by atoms with Gasteiger partial charge in [-0.3, -0.25) is 0 Å². The summed E-state index contributed by atoms with van der Waals surface area (Å²) >= 11 is 0. The molecule has 2 atom stereocenters. The Kier molecular flexibility index (Phi) is 5.48. The number of likely N-dealkylation sites (tertiary alicyclic amines) is 1. The minimum atomic E-state index is -1.03. The van der Waals surface area contributed by atoms with E-state index >= 15 is 0 Å². The Morgan fingerprint density at radius 2 is 1.73 bits per heavy atom. The SMILES string of the molecule is O=C(OC1CN(C(=O)O)CCC1c1cn(-c2ccccc2)nn1)c1ccc2ccccc2c1. The fraction of sp³-hybridized carbons (Fsp3) is 0.200. The summed E-state index contributed by atoms with van der Waals surface area (Å²) in [7, 11) is 0. The third-order valence-electron chi connectivity index (χ3n) is 5.98. The normalized spacial score (nSPS) is 18.2. The summed E-state index contributed by atoms with van der Waals surface area (Å²) in [6.45, 7) is 0.416. The first-order chi connectivity index (χ1) is 16.1. The van der Waals surface area contributed by atoms with Crippen molar-refractivity contribution in [3.8, 4) is 5.69 Å². The van der Waals surface area contributed by atoms with Crippen molar-refractivity contribution in [1.29, 1.82) is 0 Å². The molecule has 0 saturated carbocycles. The van der Waals surface area contributed by atoms with Gasteiger partial charge in [0.2, 0.25) is 0 Å². The van der Waals surface area contributed by atoms with Gasteiger partial charge in [-0.05, 0) is 41.5 Å². The first-order valence-electron chi connectivity index (χ1n) is 10.7. The van der Waals surface area contributed by atoms with Gasteiger partial charge in [0.05, 0.1) is 29.7 Å². The predicted molar refractivity (Wildman–Crippen MR) is 121 cm³/mol. The van der Waals surface area contributed by atoms with Crippen LogP contribution in [-0.2, 0) is 4.74 Å². The van der Waals surface area contributed by atoms with Crippen LogP contribution >= 0.6 is 0 Å². The number of carboxylic acid groups (broad SMARTS) is 1. The Hall–Kier alpha value is -4.20. The highest BCUT2D eigenvalue weighted by Crippen LogP contribution is 2.30. The lowest BCUT2D eigenvalue weighted by Crippen LogP contribution is -2.47. The number of ether oxygens (including phenoxy) is 1. The number of esters is 1. The molecular weight excluding hydrogens is 420 g/mol. The van der Waals surface area contributed by atoms with Crippen LogP contribution in [0.1, 0.15) is 28.4 Å². The van der Waals surface area contributed by atoms with E-state index in [0.717, 1.165) is 16.5 Å². The molecule has 8 nitrogen and oxygen atoms in total. The number of carbonyl (C=O) groups is 2. The second kappa shape index (κ2) is 8.74. The highest BCUT2D eigenvalue weighted by molar-refractivity contribution is 5.95. The molecule has 2 unspecified atom stereocenters. The van der Waals surface area contributed by atoms with Crippen molar-refractivity contribution < 1.29 is 19.4 Å². The summed E-state index contributed by atoms with van der Waals surface area (Å²) in [6.07, 6.45) is 0.589. The van der Waals surface area contributed by atoms with E-state index in [2.05, 4.69) is 10.3 Å². The molecule has 8 heteroatoms. The van der Waals surface area contributed by atoms with Crippen molar-refractivity contribution in [2.45, 2.75) is 18.4 Å². The monoisotopic (exact) mass is 442 g/mol. The second-order valence-electron chi connectivity index (χ2n) is 8.05. The lowest BCUT2D eigenvalue weighted by Gasteiger charge is -2.35. The number of rotatable bonds is 4. The van der Waals surface area contributed by atoms with Crippen LogP contribution in [0.4, 0.5) is 4.79 Å². The van der Waals surface area contributed by atoms with Crippen molar-refractivity contribution >= 4 is 22.8 Å². The first-order valence-corrected chi connectivity index (χ1v) is 10.7. The van der Waals surface area contributed by atoms with Crippen LogP contribution in [0.5, 0.6) is 0 Å². The van der Waals surface area contributed by atoms with Crippen LogP contribution in [-0.4, -0.2) is 56.3 Å². The topological polar surface area (TPSA) is 97.6 Å². The Labute approximate surface area is 190 Å². The van der Waals surface area contributed by atoms with Crippen LogP contribution in [0.15, 0.2) is 79.0 Å². The van der Waals surface area contributed by atoms with Crippen LogP contribution in [0.2, 0.25) is 0 Å². The summed E-state index contributed by atoms with van der Waals surface area (Å²) in [5.74, 6) is -0.749. The largest absolute Gasteiger partial charge is 0.465 e. The minimum absolute atomic E-state index is 0.0809. The van der Waals surface area contributed by atoms with Gasteiger partial charge < -0.3 is 14.7 Å². The third-order valence-corrected chi connectivity index (χ3v) is 5.98. The molecule has 1 N–H and O–H groups in total. The maximum absolute atomic E-state index is 13.0. The number of carbonyl (C=O) groups excluding carboxylic acids is 1. The van der Waals surface area contributed by atoms with Gasteiger partial charge in [0.1, 0.15) is 6.10 Å². The standard InChI is InChI=1S/C25H22N4O4/c30-24(19-11-10-17-6-4-5-7-18(17)14-19)33-23-16-28(25(31)32)13-12-21(23)22-15-29(27-26-22)20-8-2-1-3-9-20/h1-11,14-15,21,23H,12-13,16H2,(H,31,32). The van der Waals surface area contributed by atoms with E-state index in [0.29, 0.717) is 24.2 Å². The molecule has 1 aliphatic rings. The number of benzene rings is 3. The maximum Gasteiger partial charge on any atom is 0.407 e. The molecule has 166 valence electrons. The Morgan fingerprint density at radius 1 is 0.970 bits per heavy atom. The first kappa shape index (κ1) is 20.7. The van der Waals surface area contributed by atoms with Gasteiger partial charge in [0, 0.05) is 12.5 Å². The van der Waals surface area contributed by atoms with Crippen LogP contribution in [0, 0.1) is 0 Å². The summed E-state index contributed by atoms with van der Waals surface area (Å²) in [5, 5.41) is 20.0. The van der Waals surface area contributed by atoms with Crippen molar-refractivity contribution in [1.82, 2.24) is 19.9 Å². The molecule has 1 fully saturated rings. The van der Waals surface area contributed by atoms with Crippen LogP contribution in [0.25, 0.3) is 16.5 Å². The van der Waals surface area contributed by atoms with Crippen LogP contribution in [0.3, 0.4) is 0 Å². The van der Waals surface area contributed by atoms with Gasteiger partial charge in [-0.25, -0.2) is 14.3 Å². The number of hydrogen-bond acceptors (Lipinski definition) is 5. The van der Waals surface area contributed by atoms with E-state index in [1.165, 1.54) is 4.90 Å². The number of para-hydroxylation sites is 1. The van der Waals surface area contributed by atoms with Gasteiger partial charge >= 0.3 is 12.1 Å². The molecule has 1 aliphatic heterocycles. The molecule has 0 aliphatic carbocycles. The van der Waals surface area contributed by atoms with E-state index in [9.17, 15) is 14.7 Å². The second-order valence-corrected chi connectivity index (χ2v) is 8.05. The van der Waals surface area contributed by atoms with Gasteiger partial charge in [-0.15, -0.1) is 5.10 Å². The van der Waals surface area contributed by atoms with Gasteiger partial charge in [-0.2, -0.15) is 0 Å². The maximum atomic E-state index is 13.0. The summed E-state index contributed by atoms with van der Waals surface area (Å²) in [5.41, 5.74) is 1.96. The highest BCUT2D eigenvalue weighted by atomic mass is 16.5. The zero-order valence-corrected chi connectivity index (χ0v) is 17.7. The number of fused-ring (bicyclic) bond motifs is 1. The number of hydrogen-bond donors (Lipinski definition) is 1. The predicted octanol–water partition coefficient (Wildman–Crippen LogP) is 4.11. The fourth-order valence-corrected chi connectivity index (χ4v) is 4.22. The minimum Gasteiger partial charge on any atom is -0.465 e. The Morgan fingerprint density at radius 3 is 2.52 bits per heavy atom. The molecule has 1 saturated heterocycles. The summed E-state index contributed by atoms with van der Waals surface area (Å²) < 4.78 is 7.54. The van der Waals surface area contributed by atoms with Crippen molar-refractivity contribution in [3.05, 3.63) is 90.3 Å². The van der Waals surface area contributed by atoms with E-state index in [-0.39, 0.29) is 12.5 Å². The zero-order chi connectivity index (χ0) is 22.8. The third kappa shape index (κ3) is 4.27. The van der Waals surface area contributed by atoms with Gasteiger partial charge in [0.25, 0.3) is 0 Å². The van der Waals surface area contributed by atoms with E-state index in [1.54, 1.807) is 16.8 Å². The van der Waals surface area contributed by atoms with Gasteiger partial charge in [0.15, 0.2) is 0 Å². The summed E-state index contributed by atoms with van der Waals surface area (Å²) in [4.78, 5) is 25.9. The quantitative estimate of drug-likeness (QED) is 0.478. The van der Waals surface area contributed by atoms with Crippen molar-refractivity contribution in [3.63, 3.8) is 0 Å². The molecule has 0 bridgehead atoms. The zero-order valence-electron chi connectivity index (χ0n) is 17.7. The average Bonchev–Trinajstić information content (AvgIpc) is 3.34. The van der Waals surface area contributed by atoms with E-state index in [1.807, 2.05) is 66.9 Å². The number of nitrogens with zero attached hydrogens (tertiary/aromatic N) is 4. The van der Waals surface area contributed by atoms with Crippen LogP contribution < -0.4 is 0 Å². The lowest BCUT2D eigenvalue weighted by molar-refractivity contribution is -0.000589. The number of piperidine rings is 1.